The van der Waals surface area contributed by atoms with Gasteiger partial charge in [-0.2, -0.15) is 0 Å². The summed E-state index contributed by atoms with van der Waals surface area (Å²) in [6.07, 6.45) is 5.18. The second-order valence-electron chi connectivity index (χ2n) is 6.48. The highest BCUT2D eigenvalue weighted by Gasteiger charge is 2.21. The van der Waals surface area contributed by atoms with Crippen LogP contribution < -0.4 is 5.32 Å². The van der Waals surface area contributed by atoms with Gasteiger partial charge in [-0.05, 0) is 43.9 Å². The molecule has 3 nitrogen and oxygen atoms in total. The maximum atomic E-state index is 6.07. The molecule has 2 rings (SSSR count). The van der Waals surface area contributed by atoms with Crippen molar-refractivity contribution in [2.24, 2.45) is 5.92 Å². The minimum absolute atomic E-state index is 0.736. The molecule has 3 heteroatoms. The van der Waals surface area contributed by atoms with Gasteiger partial charge >= 0.3 is 0 Å². The first-order valence-corrected chi connectivity index (χ1v) is 8.70. The SMILES string of the molecule is CCC(CC)CN(CC)Cc1cc(C)c(CNC2CC2)o1. The number of hydrogen-bond donors (Lipinski definition) is 1. The first-order valence-electron chi connectivity index (χ1n) is 8.70. The molecule has 1 aromatic heterocycles. The van der Waals surface area contributed by atoms with Gasteiger partial charge in [0, 0.05) is 12.6 Å². The highest BCUT2D eigenvalue weighted by Crippen LogP contribution is 2.22. The van der Waals surface area contributed by atoms with Crippen molar-refractivity contribution in [2.45, 2.75) is 72.5 Å². The Morgan fingerprint density at radius 1 is 1.29 bits per heavy atom. The van der Waals surface area contributed by atoms with Crippen LogP contribution in [0.15, 0.2) is 10.5 Å². The van der Waals surface area contributed by atoms with Crippen molar-refractivity contribution in [1.82, 2.24) is 10.2 Å². The predicted octanol–water partition coefficient (Wildman–Crippen LogP) is 4.10. The minimum atomic E-state index is 0.736. The van der Waals surface area contributed by atoms with Crippen molar-refractivity contribution in [1.29, 1.82) is 0 Å². The van der Waals surface area contributed by atoms with Gasteiger partial charge in [0.1, 0.15) is 11.5 Å². The third-order valence-electron chi connectivity index (χ3n) is 4.70. The molecule has 1 heterocycles. The number of nitrogens with zero attached hydrogens (tertiary/aromatic N) is 1. The highest BCUT2D eigenvalue weighted by atomic mass is 16.3. The lowest BCUT2D eigenvalue weighted by atomic mass is 10.0. The molecule has 0 aliphatic heterocycles. The molecule has 0 bridgehead atoms. The lowest BCUT2D eigenvalue weighted by Crippen LogP contribution is -2.28. The van der Waals surface area contributed by atoms with E-state index in [1.54, 1.807) is 0 Å². The zero-order valence-corrected chi connectivity index (χ0v) is 14.2. The molecule has 120 valence electrons. The van der Waals surface area contributed by atoms with Crippen LogP contribution in [0.3, 0.4) is 0 Å². The van der Waals surface area contributed by atoms with Crippen LogP contribution in [0.5, 0.6) is 0 Å². The van der Waals surface area contributed by atoms with Gasteiger partial charge < -0.3 is 9.73 Å². The van der Waals surface area contributed by atoms with Gasteiger partial charge in [0.05, 0.1) is 13.1 Å². The first kappa shape index (κ1) is 16.6. The van der Waals surface area contributed by atoms with Gasteiger partial charge in [-0.15, -0.1) is 0 Å². The monoisotopic (exact) mass is 292 g/mol. The number of rotatable bonds is 10. The molecule has 0 spiro atoms. The summed E-state index contributed by atoms with van der Waals surface area (Å²) in [5.74, 6) is 3.04. The Morgan fingerprint density at radius 3 is 2.57 bits per heavy atom. The molecule has 1 saturated carbocycles. The Morgan fingerprint density at radius 2 is 2.00 bits per heavy atom. The fourth-order valence-electron chi connectivity index (χ4n) is 2.81. The van der Waals surface area contributed by atoms with Crippen LogP contribution in [0.4, 0.5) is 0 Å². The quantitative estimate of drug-likeness (QED) is 0.704. The topological polar surface area (TPSA) is 28.4 Å². The van der Waals surface area contributed by atoms with Crippen molar-refractivity contribution in [3.05, 3.63) is 23.2 Å². The standard InChI is InChI=1S/C18H32N2O/c1-5-15(6-2)12-20(7-3)13-17-10-14(4)18(21-17)11-19-16-8-9-16/h10,15-16,19H,5-9,11-13H2,1-4H3. The summed E-state index contributed by atoms with van der Waals surface area (Å²) in [7, 11) is 0. The van der Waals surface area contributed by atoms with E-state index in [4.69, 9.17) is 4.42 Å². The van der Waals surface area contributed by atoms with Gasteiger partial charge in [0.25, 0.3) is 0 Å². The molecular formula is C18H32N2O. The van der Waals surface area contributed by atoms with E-state index < -0.39 is 0 Å². The number of nitrogens with one attached hydrogen (secondary N) is 1. The van der Waals surface area contributed by atoms with E-state index in [1.807, 2.05) is 0 Å². The molecule has 1 aromatic rings. The largest absolute Gasteiger partial charge is 0.463 e. The lowest BCUT2D eigenvalue weighted by molar-refractivity contribution is 0.209. The molecule has 0 radical (unpaired) electrons. The van der Waals surface area contributed by atoms with E-state index in [9.17, 15) is 0 Å². The second-order valence-corrected chi connectivity index (χ2v) is 6.48. The zero-order chi connectivity index (χ0) is 15.2. The van der Waals surface area contributed by atoms with Crippen molar-refractivity contribution < 1.29 is 4.42 Å². The van der Waals surface area contributed by atoms with Gasteiger partial charge in [0.2, 0.25) is 0 Å². The molecule has 0 atom stereocenters. The van der Waals surface area contributed by atoms with Gasteiger partial charge in [-0.25, -0.2) is 0 Å². The second kappa shape index (κ2) is 8.00. The molecule has 1 N–H and O–H groups in total. The van der Waals surface area contributed by atoms with Crippen LogP contribution in [0, 0.1) is 12.8 Å². The predicted molar refractivity (Wildman–Crippen MR) is 88.3 cm³/mol. The molecule has 0 unspecified atom stereocenters. The molecule has 0 amide bonds. The maximum Gasteiger partial charge on any atom is 0.120 e. The third-order valence-corrected chi connectivity index (χ3v) is 4.70. The average Bonchev–Trinajstić information content (AvgIpc) is 3.25. The van der Waals surface area contributed by atoms with Crippen LogP contribution in [0.1, 0.15) is 63.5 Å². The summed E-state index contributed by atoms with van der Waals surface area (Å²) < 4.78 is 6.07. The number of hydrogen-bond acceptors (Lipinski definition) is 3. The van der Waals surface area contributed by atoms with E-state index in [1.165, 1.54) is 37.8 Å². The fourth-order valence-corrected chi connectivity index (χ4v) is 2.81. The molecular weight excluding hydrogens is 260 g/mol. The van der Waals surface area contributed by atoms with E-state index in [0.29, 0.717) is 0 Å². The maximum absolute atomic E-state index is 6.07. The molecule has 1 aliphatic carbocycles. The normalized spacial score (nSPS) is 15.3. The number of aryl methyl sites for hydroxylation is 1. The Kier molecular flexibility index (Phi) is 6.31. The van der Waals surface area contributed by atoms with E-state index in [0.717, 1.165) is 43.1 Å². The summed E-state index contributed by atoms with van der Waals surface area (Å²) in [5, 5.41) is 3.54. The van der Waals surface area contributed by atoms with Crippen LogP contribution >= 0.6 is 0 Å². The smallest absolute Gasteiger partial charge is 0.120 e. The lowest BCUT2D eigenvalue weighted by Gasteiger charge is -2.24. The summed E-state index contributed by atoms with van der Waals surface area (Å²) in [5.41, 5.74) is 1.29. The van der Waals surface area contributed by atoms with E-state index in [-0.39, 0.29) is 0 Å². The summed E-state index contributed by atoms with van der Waals surface area (Å²) in [6, 6.07) is 2.96. The average molecular weight is 292 g/mol. The van der Waals surface area contributed by atoms with Crippen molar-refractivity contribution >= 4 is 0 Å². The van der Waals surface area contributed by atoms with E-state index >= 15 is 0 Å². The molecule has 0 aromatic carbocycles. The van der Waals surface area contributed by atoms with Crippen molar-refractivity contribution in [2.75, 3.05) is 13.1 Å². The first-order chi connectivity index (χ1) is 10.2. The summed E-state index contributed by atoms with van der Waals surface area (Å²) >= 11 is 0. The van der Waals surface area contributed by atoms with E-state index in [2.05, 4.69) is 44.0 Å². The van der Waals surface area contributed by atoms with Crippen molar-refractivity contribution in [3.8, 4) is 0 Å². The Hall–Kier alpha value is -0.800. The van der Waals surface area contributed by atoms with Gasteiger partial charge in [0.15, 0.2) is 0 Å². The summed E-state index contributed by atoms with van der Waals surface area (Å²) in [6.45, 7) is 13.1. The van der Waals surface area contributed by atoms with Crippen LogP contribution in [-0.2, 0) is 13.1 Å². The summed E-state index contributed by atoms with van der Waals surface area (Å²) in [4.78, 5) is 2.51. The zero-order valence-electron chi connectivity index (χ0n) is 14.2. The van der Waals surface area contributed by atoms with Crippen molar-refractivity contribution in [3.63, 3.8) is 0 Å². The minimum Gasteiger partial charge on any atom is -0.463 e. The van der Waals surface area contributed by atoms with Gasteiger partial charge in [-0.3, -0.25) is 4.90 Å². The Balaban J connectivity index is 1.88. The van der Waals surface area contributed by atoms with Crippen LogP contribution in [0.25, 0.3) is 0 Å². The molecule has 1 aliphatic rings. The fraction of sp³-hybridized carbons (Fsp3) is 0.778. The van der Waals surface area contributed by atoms with Gasteiger partial charge in [-0.1, -0.05) is 33.6 Å². The molecule has 21 heavy (non-hydrogen) atoms. The highest BCUT2D eigenvalue weighted by molar-refractivity contribution is 5.20. The Bertz CT molecular complexity index is 419. The third kappa shape index (κ3) is 5.15. The Labute approximate surface area is 130 Å². The molecule has 0 saturated heterocycles. The van der Waals surface area contributed by atoms with Crippen LogP contribution in [0.2, 0.25) is 0 Å². The molecule has 1 fully saturated rings. The van der Waals surface area contributed by atoms with Crippen LogP contribution in [-0.4, -0.2) is 24.0 Å². The number of furan rings is 1.